The number of rotatable bonds is 5. The second kappa shape index (κ2) is 5.38. The molecule has 0 aromatic carbocycles. The zero-order valence-corrected chi connectivity index (χ0v) is 11.2. The third-order valence-corrected chi connectivity index (χ3v) is 4.02. The zero-order chi connectivity index (χ0) is 12.4. The fourth-order valence-corrected chi connectivity index (χ4v) is 2.89. The van der Waals surface area contributed by atoms with Crippen LogP contribution in [0.4, 0.5) is 0 Å². The fourth-order valence-electron chi connectivity index (χ4n) is 2.89. The van der Waals surface area contributed by atoms with Gasteiger partial charge in [-0.1, -0.05) is 20.3 Å². The summed E-state index contributed by atoms with van der Waals surface area (Å²) in [6.07, 6.45) is 6.54. The van der Waals surface area contributed by atoms with Gasteiger partial charge in [0, 0.05) is 25.0 Å². The van der Waals surface area contributed by atoms with Gasteiger partial charge in [-0.05, 0) is 37.5 Å². The van der Waals surface area contributed by atoms with Crippen molar-refractivity contribution >= 4 is 5.91 Å². The first kappa shape index (κ1) is 12.9. The Bertz CT molecular complexity index is 273. The molecule has 2 fully saturated rings. The highest BCUT2D eigenvalue weighted by molar-refractivity contribution is 5.77. The monoisotopic (exact) mass is 238 g/mol. The number of carbonyl (C=O) groups is 1. The first-order valence-electron chi connectivity index (χ1n) is 7.13. The van der Waals surface area contributed by atoms with Gasteiger partial charge in [-0.15, -0.1) is 0 Å². The predicted octanol–water partition coefficient (Wildman–Crippen LogP) is 2.15. The molecule has 0 radical (unpaired) electrons. The molecular formula is C14H26N2O. The van der Waals surface area contributed by atoms with Crippen LogP contribution in [-0.4, -0.2) is 29.4 Å². The summed E-state index contributed by atoms with van der Waals surface area (Å²) in [6.45, 7) is 5.29. The molecule has 2 saturated carbocycles. The van der Waals surface area contributed by atoms with Crippen molar-refractivity contribution in [2.75, 3.05) is 6.54 Å². The molecule has 2 rings (SSSR count). The molecule has 0 spiro atoms. The Morgan fingerprint density at radius 1 is 1.29 bits per heavy atom. The first-order valence-corrected chi connectivity index (χ1v) is 7.13. The van der Waals surface area contributed by atoms with E-state index < -0.39 is 0 Å². The Balaban J connectivity index is 1.87. The Kier molecular flexibility index (Phi) is 4.08. The smallest absolute Gasteiger partial charge is 0.223 e. The summed E-state index contributed by atoms with van der Waals surface area (Å²) in [5.41, 5.74) is 6.05. The van der Waals surface area contributed by atoms with Crippen LogP contribution in [0.3, 0.4) is 0 Å². The molecule has 0 heterocycles. The van der Waals surface area contributed by atoms with Crippen LogP contribution in [0.15, 0.2) is 0 Å². The van der Waals surface area contributed by atoms with E-state index in [1.165, 1.54) is 19.3 Å². The van der Waals surface area contributed by atoms with E-state index in [1.807, 2.05) is 0 Å². The average molecular weight is 238 g/mol. The standard InChI is InChI=1S/C14H26N2O/c1-10(2)9-16(12-6-7-12)14(17)8-11-4-3-5-13(11)15/h10-13H,3-9,15H2,1-2H3/t11-,13+/m0/s1. The summed E-state index contributed by atoms with van der Waals surface area (Å²) in [7, 11) is 0. The van der Waals surface area contributed by atoms with Gasteiger partial charge in [-0.2, -0.15) is 0 Å². The van der Waals surface area contributed by atoms with Crippen LogP contribution < -0.4 is 5.73 Å². The van der Waals surface area contributed by atoms with Crippen LogP contribution in [0, 0.1) is 11.8 Å². The molecule has 0 unspecified atom stereocenters. The summed E-state index contributed by atoms with van der Waals surface area (Å²) in [5, 5.41) is 0. The molecule has 2 N–H and O–H groups in total. The van der Waals surface area contributed by atoms with E-state index in [2.05, 4.69) is 18.7 Å². The van der Waals surface area contributed by atoms with Gasteiger partial charge < -0.3 is 10.6 Å². The summed E-state index contributed by atoms with van der Waals surface area (Å²) in [5.74, 6) is 1.36. The SMILES string of the molecule is CC(C)CN(C(=O)C[C@@H]1CCC[C@H]1N)C1CC1. The molecule has 0 aliphatic heterocycles. The third kappa shape index (κ3) is 3.44. The Labute approximate surface area is 105 Å². The van der Waals surface area contributed by atoms with Gasteiger partial charge in [0.05, 0.1) is 0 Å². The molecule has 3 nitrogen and oxygen atoms in total. The molecule has 2 aliphatic carbocycles. The topological polar surface area (TPSA) is 46.3 Å². The minimum atomic E-state index is 0.263. The van der Waals surface area contributed by atoms with Crippen LogP contribution in [0.2, 0.25) is 0 Å². The molecule has 0 bridgehead atoms. The lowest BCUT2D eigenvalue weighted by Gasteiger charge is -2.26. The normalized spacial score (nSPS) is 28.7. The number of hydrogen-bond acceptors (Lipinski definition) is 2. The molecular weight excluding hydrogens is 212 g/mol. The van der Waals surface area contributed by atoms with E-state index in [-0.39, 0.29) is 6.04 Å². The van der Waals surface area contributed by atoms with Gasteiger partial charge in [0.2, 0.25) is 5.91 Å². The van der Waals surface area contributed by atoms with Crippen molar-refractivity contribution < 1.29 is 4.79 Å². The highest BCUT2D eigenvalue weighted by Crippen LogP contribution is 2.32. The molecule has 2 aliphatic rings. The van der Waals surface area contributed by atoms with Gasteiger partial charge in [-0.3, -0.25) is 4.79 Å². The quantitative estimate of drug-likeness (QED) is 0.797. The Morgan fingerprint density at radius 2 is 2.00 bits per heavy atom. The van der Waals surface area contributed by atoms with E-state index in [1.54, 1.807) is 0 Å². The minimum Gasteiger partial charge on any atom is -0.339 e. The maximum Gasteiger partial charge on any atom is 0.223 e. The molecule has 0 aromatic rings. The maximum atomic E-state index is 12.3. The molecule has 3 heteroatoms. The lowest BCUT2D eigenvalue weighted by Crippen LogP contribution is -2.38. The van der Waals surface area contributed by atoms with Crippen LogP contribution in [0.1, 0.15) is 52.4 Å². The van der Waals surface area contributed by atoms with Gasteiger partial charge in [0.25, 0.3) is 0 Å². The highest BCUT2D eigenvalue weighted by atomic mass is 16.2. The lowest BCUT2D eigenvalue weighted by atomic mass is 9.99. The second-order valence-corrected chi connectivity index (χ2v) is 6.23. The number of carbonyl (C=O) groups excluding carboxylic acids is 1. The molecule has 2 atom stereocenters. The summed E-state index contributed by atoms with van der Waals surface area (Å²) >= 11 is 0. The van der Waals surface area contributed by atoms with Crippen LogP contribution in [0.25, 0.3) is 0 Å². The molecule has 98 valence electrons. The van der Waals surface area contributed by atoms with Crippen molar-refractivity contribution in [3.8, 4) is 0 Å². The van der Waals surface area contributed by atoms with Crippen molar-refractivity contribution in [1.29, 1.82) is 0 Å². The van der Waals surface area contributed by atoms with E-state index >= 15 is 0 Å². The van der Waals surface area contributed by atoms with Crippen molar-refractivity contribution in [3.05, 3.63) is 0 Å². The molecule has 0 saturated heterocycles. The van der Waals surface area contributed by atoms with Gasteiger partial charge >= 0.3 is 0 Å². The number of nitrogens with two attached hydrogens (primary N) is 1. The fraction of sp³-hybridized carbons (Fsp3) is 0.929. The van der Waals surface area contributed by atoms with Crippen molar-refractivity contribution in [3.63, 3.8) is 0 Å². The number of hydrogen-bond donors (Lipinski definition) is 1. The Hall–Kier alpha value is -0.570. The molecule has 1 amide bonds. The van der Waals surface area contributed by atoms with Crippen LogP contribution in [-0.2, 0) is 4.79 Å². The van der Waals surface area contributed by atoms with Crippen molar-refractivity contribution in [2.45, 2.75) is 64.5 Å². The number of amides is 1. The van der Waals surface area contributed by atoms with E-state index in [0.717, 1.165) is 19.4 Å². The van der Waals surface area contributed by atoms with Crippen molar-refractivity contribution in [1.82, 2.24) is 4.90 Å². The van der Waals surface area contributed by atoms with Gasteiger partial charge in [-0.25, -0.2) is 0 Å². The largest absolute Gasteiger partial charge is 0.339 e. The molecule has 0 aromatic heterocycles. The van der Waals surface area contributed by atoms with Gasteiger partial charge in [0.15, 0.2) is 0 Å². The van der Waals surface area contributed by atoms with E-state index in [9.17, 15) is 4.79 Å². The third-order valence-electron chi connectivity index (χ3n) is 4.02. The van der Waals surface area contributed by atoms with Gasteiger partial charge in [0.1, 0.15) is 0 Å². The summed E-state index contributed by atoms with van der Waals surface area (Å²) in [6, 6.07) is 0.807. The number of nitrogens with zero attached hydrogens (tertiary/aromatic N) is 1. The minimum absolute atomic E-state index is 0.263. The highest BCUT2D eigenvalue weighted by Gasteiger charge is 2.35. The summed E-state index contributed by atoms with van der Waals surface area (Å²) < 4.78 is 0. The maximum absolute atomic E-state index is 12.3. The molecule has 17 heavy (non-hydrogen) atoms. The Morgan fingerprint density at radius 3 is 2.47 bits per heavy atom. The second-order valence-electron chi connectivity index (χ2n) is 6.23. The predicted molar refractivity (Wildman–Crippen MR) is 69.5 cm³/mol. The van der Waals surface area contributed by atoms with Crippen LogP contribution >= 0.6 is 0 Å². The average Bonchev–Trinajstić information content (AvgIpc) is 3.01. The van der Waals surface area contributed by atoms with Crippen LogP contribution in [0.5, 0.6) is 0 Å². The first-order chi connectivity index (χ1) is 8.08. The van der Waals surface area contributed by atoms with Crippen molar-refractivity contribution in [2.24, 2.45) is 17.6 Å². The lowest BCUT2D eigenvalue weighted by molar-refractivity contribution is -0.133. The van der Waals surface area contributed by atoms with E-state index in [4.69, 9.17) is 5.73 Å². The summed E-state index contributed by atoms with van der Waals surface area (Å²) in [4.78, 5) is 14.5. The van der Waals surface area contributed by atoms with E-state index in [0.29, 0.717) is 30.2 Å². The zero-order valence-electron chi connectivity index (χ0n) is 11.2.